The van der Waals surface area contributed by atoms with E-state index in [2.05, 4.69) is 5.32 Å². The molecule has 150 valence electrons. The van der Waals surface area contributed by atoms with Crippen LogP contribution in [0.25, 0.3) is 0 Å². The molecule has 0 radical (unpaired) electrons. The maximum atomic E-state index is 12.8. The number of nitro groups is 1. The lowest BCUT2D eigenvalue weighted by atomic mass is 10.1. The van der Waals surface area contributed by atoms with Gasteiger partial charge in [0.15, 0.2) is 0 Å². The number of rotatable bonds is 7. The number of carbonyl (C=O) groups excluding carboxylic acids is 1. The fourth-order valence-electron chi connectivity index (χ4n) is 2.70. The molecule has 1 N–H and O–H groups in total. The Morgan fingerprint density at radius 3 is 2.50 bits per heavy atom. The fraction of sp³-hybridized carbons (Fsp3) is 0.278. The summed E-state index contributed by atoms with van der Waals surface area (Å²) in [6.07, 6.45) is 1.10. The van der Waals surface area contributed by atoms with Gasteiger partial charge in [-0.2, -0.15) is 0 Å². The Bertz CT molecular complexity index is 1010. The van der Waals surface area contributed by atoms with Gasteiger partial charge in [-0.15, -0.1) is 0 Å². The van der Waals surface area contributed by atoms with Crippen molar-refractivity contribution in [1.29, 1.82) is 0 Å². The third-order valence-corrected chi connectivity index (χ3v) is 5.65. The lowest BCUT2D eigenvalue weighted by Gasteiger charge is -2.30. The van der Waals surface area contributed by atoms with Crippen molar-refractivity contribution in [2.45, 2.75) is 26.3 Å². The second kappa shape index (κ2) is 8.57. The van der Waals surface area contributed by atoms with E-state index in [9.17, 15) is 23.3 Å². The monoisotopic (exact) mass is 425 g/mol. The fourth-order valence-corrected chi connectivity index (χ4v) is 4.08. The Morgan fingerprint density at radius 2 is 1.96 bits per heavy atom. The first-order chi connectivity index (χ1) is 13.0. The first kappa shape index (κ1) is 21.6. The standard InChI is InChI=1S/C18H20ClN3O5S/c1-4-17(18(23)20-13-9-8-12(2)16(19)10-13)21(28(3,26)27)14-6-5-7-15(11-14)22(24)25/h5-11,17H,4H2,1-3H3,(H,20,23)/t17-/m1/s1. The molecule has 0 spiro atoms. The van der Waals surface area contributed by atoms with Crippen LogP contribution in [0.3, 0.4) is 0 Å². The van der Waals surface area contributed by atoms with Crippen molar-refractivity contribution in [1.82, 2.24) is 0 Å². The van der Waals surface area contributed by atoms with Crippen molar-refractivity contribution < 1.29 is 18.1 Å². The average molecular weight is 426 g/mol. The van der Waals surface area contributed by atoms with E-state index in [1.165, 1.54) is 18.2 Å². The number of halogens is 1. The molecule has 2 rings (SSSR count). The topological polar surface area (TPSA) is 110 Å². The second-order valence-corrected chi connectivity index (χ2v) is 8.48. The van der Waals surface area contributed by atoms with E-state index in [-0.39, 0.29) is 17.8 Å². The summed E-state index contributed by atoms with van der Waals surface area (Å²) in [5, 5.41) is 14.2. The van der Waals surface area contributed by atoms with Gasteiger partial charge < -0.3 is 5.32 Å². The number of sulfonamides is 1. The molecule has 8 nitrogen and oxygen atoms in total. The minimum atomic E-state index is -3.90. The predicted molar refractivity (Wildman–Crippen MR) is 109 cm³/mol. The maximum Gasteiger partial charge on any atom is 0.271 e. The van der Waals surface area contributed by atoms with Crippen LogP contribution in [0.15, 0.2) is 42.5 Å². The molecule has 0 heterocycles. The minimum Gasteiger partial charge on any atom is -0.324 e. The summed E-state index contributed by atoms with van der Waals surface area (Å²) in [4.78, 5) is 23.2. The number of nitro benzene ring substituents is 1. The smallest absolute Gasteiger partial charge is 0.271 e. The molecule has 1 atom stereocenters. The van der Waals surface area contributed by atoms with Crippen molar-refractivity contribution >= 4 is 44.6 Å². The van der Waals surface area contributed by atoms with Crippen LogP contribution in [0.2, 0.25) is 5.02 Å². The van der Waals surface area contributed by atoms with E-state index >= 15 is 0 Å². The van der Waals surface area contributed by atoms with Crippen LogP contribution in [0.5, 0.6) is 0 Å². The third kappa shape index (κ3) is 4.99. The number of nitrogens with one attached hydrogen (secondary N) is 1. The molecule has 0 bridgehead atoms. The summed E-state index contributed by atoms with van der Waals surface area (Å²) >= 11 is 6.07. The number of nitrogens with zero attached hydrogens (tertiary/aromatic N) is 2. The molecule has 0 saturated heterocycles. The van der Waals surface area contributed by atoms with Gasteiger partial charge in [-0.3, -0.25) is 19.2 Å². The van der Waals surface area contributed by atoms with Gasteiger partial charge in [0.1, 0.15) is 6.04 Å². The van der Waals surface area contributed by atoms with Crippen LogP contribution in [-0.4, -0.2) is 31.5 Å². The quantitative estimate of drug-likeness (QED) is 0.536. The summed E-state index contributed by atoms with van der Waals surface area (Å²) in [6.45, 7) is 3.47. The molecule has 2 aromatic carbocycles. The molecule has 0 unspecified atom stereocenters. The molecule has 1 amide bonds. The zero-order valence-electron chi connectivity index (χ0n) is 15.5. The van der Waals surface area contributed by atoms with Gasteiger partial charge in [-0.25, -0.2) is 8.42 Å². The van der Waals surface area contributed by atoms with E-state index in [4.69, 9.17) is 11.6 Å². The Hall–Kier alpha value is -2.65. The highest BCUT2D eigenvalue weighted by Gasteiger charge is 2.32. The molecule has 10 heteroatoms. The van der Waals surface area contributed by atoms with Crippen LogP contribution >= 0.6 is 11.6 Å². The SMILES string of the molecule is CC[C@H](C(=O)Nc1ccc(C)c(Cl)c1)N(c1cccc([N+](=O)[O-])c1)S(C)(=O)=O. The molecule has 0 aliphatic carbocycles. The van der Waals surface area contributed by atoms with Gasteiger partial charge in [-0.1, -0.05) is 30.7 Å². The summed E-state index contributed by atoms with van der Waals surface area (Å²) in [7, 11) is -3.90. The van der Waals surface area contributed by atoms with Gasteiger partial charge in [-0.05, 0) is 37.1 Å². The van der Waals surface area contributed by atoms with Crippen LogP contribution in [0.4, 0.5) is 17.1 Å². The third-order valence-electron chi connectivity index (χ3n) is 4.06. The van der Waals surface area contributed by atoms with Crippen LogP contribution in [0, 0.1) is 17.0 Å². The summed E-state index contributed by atoms with van der Waals surface area (Å²) in [5.41, 5.74) is 1.03. The Balaban J connectivity index is 2.42. The molecule has 0 fully saturated rings. The van der Waals surface area contributed by atoms with Crippen molar-refractivity contribution in [3.8, 4) is 0 Å². The summed E-state index contributed by atoms with van der Waals surface area (Å²) < 4.78 is 25.7. The van der Waals surface area contributed by atoms with Crippen LogP contribution < -0.4 is 9.62 Å². The molecule has 2 aromatic rings. The van der Waals surface area contributed by atoms with Gasteiger partial charge in [0.05, 0.1) is 16.9 Å². The van der Waals surface area contributed by atoms with Crippen molar-refractivity contribution in [3.05, 3.63) is 63.2 Å². The molecule has 0 aliphatic rings. The van der Waals surface area contributed by atoms with E-state index in [1.807, 2.05) is 6.92 Å². The second-order valence-electron chi connectivity index (χ2n) is 6.21. The number of amides is 1. The first-order valence-electron chi connectivity index (χ1n) is 8.35. The Morgan fingerprint density at radius 1 is 1.29 bits per heavy atom. The molecule has 28 heavy (non-hydrogen) atoms. The van der Waals surface area contributed by atoms with Gasteiger partial charge in [0.2, 0.25) is 15.9 Å². The highest BCUT2D eigenvalue weighted by atomic mass is 35.5. The molecule has 0 aromatic heterocycles. The molecular weight excluding hydrogens is 406 g/mol. The molecular formula is C18H20ClN3O5S. The largest absolute Gasteiger partial charge is 0.324 e. The lowest BCUT2D eigenvalue weighted by Crippen LogP contribution is -2.47. The van der Waals surface area contributed by atoms with Crippen LogP contribution in [-0.2, 0) is 14.8 Å². The van der Waals surface area contributed by atoms with Gasteiger partial charge >= 0.3 is 0 Å². The summed E-state index contributed by atoms with van der Waals surface area (Å²) in [5.74, 6) is -0.570. The number of hydrogen-bond acceptors (Lipinski definition) is 5. The number of non-ortho nitro benzene ring substituents is 1. The van der Waals surface area contributed by atoms with Crippen molar-refractivity contribution in [2.24, 2.45) is 0 Å². The zero-order chi connectivity index (χ0) is 21.1. The normalized spacial score (nSPS) is 12.3. The Kier molecular flexibility index (Phi) is 6.63. The average Bonchev–Trinajstić information content (AvgIpc) is 2.61. The van der Waals surface area contributed by atoms with Crippen molar-refractivity contribution in [2.75, 3.05) is 15.9 Å². The molecule has 0 saturated carbocycles. The number of carbonyl (C=O) groups is 1. The highest BCUT2D eigenvalue weighted by Crippen LogP contribution is 2.27. The van der Waals surface area contributed by atoms with E-state index < -0.39 is 26.9 Å². The lowest BCUT2D eigenvalue weighted by molar-refractivity contribution is -0.384. The number of hydrogen-bond donors (Lipinski definition) is 1. The van der Waals surface area contributed by atoms with E-state index in [1.54, 1.807) is 25.1 Å². The molecule has 0 aliphatic heterocycles. The Labute approximate surface area is 168 Å². The number of benzene rings is 2. The summed E-state index contributed by atoms with van der Waals surface area (Å²) in [6, 6.07) is 9.01. The van der Waals surface area contributed by atoms with Crippen LogP contribution in [0.1, 0.15) is 18.9 Å². The highest BCUT2D eigenvalue weighted by molar-refractivity contribution is 7.92. The number of anilines is 2. The first-order valence-corrected chi connectivity index (χ1v) is 10.6. The zero-order valence-corrected chi connectivity index (χ0v) is 17.1. The van der Waals surface area contributed by atoms with Gasteiger partial charge in [0.25, 0.3) is 5.69 Å². The van der Waals surface area contributed by atoms with Gasteiger partial charge in [0, 0.05) is 22.8 Å². The predicted octanol–water partition coefficient (Wildman–Crippen LogP) is 3.74. The number of aryl methyl sites for hydroxylation is 1. The van der Waals surface area contributed by atoms with E-state index in [0.29, 0.717) is 10.7 Å². The van der Waals surface area contributed by atoms with Crippen molar-refractivity contribution in [3.63, 3.8) is 0 Å². The minimum absolute atomic E-state index is 0.0423. The maximum absolute atomic E-state index is 12.8. The van der Waals surface area contributed by atoms with E-state index in [0.717, 1.165) is 22.2 Å².